The molecule has 5 aliphatic rings. The zero-order valence-corrected chi connectivity index (χ0v) is 26.7. The molecule has 9 atom stereocenters. The second-order valence-electron chi connectivity index (χ2n) is 16.1. The average Bonchev–Trinajstić information content (AvgIpc) is 3.35. The molecule has 0 saturated heterocycles. The van der Waals surface area contributed by atoms with Crippen molar-refractivity contribution in [3.05, 3.63) is 42.2 Å². The minimum atomic E-state index is -0.382. The Kier molecular flexibility index (Phi) is 7.06. The van der Waals surface area contributed by atoms with Crippen LogP contribution in [0.3, 0.4) is 0 Å². The zero-order chi connectivity index (χ0) is 30.1. The van der Waals surface area contributed by atoms with Gasteiger partial charge in [-0.05, 0) is 135 Å². The topological polar surface area (TPSA) is 86.9 Å². The molecule has 5 aliphatic carbocycles. The van der Waals surface area contributed by atoms with Gasteiger partial charge >= 0.3 is 0 Å². The van der Waals surface area contributed by atoms with E-state index in [1.807, 2.05) is 12.1 Å². The lowest BCUT2D eigenvalue weighted by atomic mass is 9.32. The van der Waals surface area contributed by atoms with Crippen molar-refractivity contribution >= 4 is 17.8 Å². The molecular weight excluding hydrogens is 520 g/mol. The van der Waals surface area contributed by atoms with Gasteiger partial charge in [-0.1, -0.05) is 51.9 Å². The fraction of sp³-hybridized carbons (Fsp3) is 0.722. The largest absolute Gasteiger partial charge is 0.411 e. The van der Waals surface area contributed by atoms with Gasteiger partial charge in [0.2, 0.25) is 5.91 Å². The number of rotatable bonds is 4. The van der Waals surface area contributed by atoms with Crippen LogP contribution in [0.1, 0.15) is 111 Å². The number of fused-ring (bicyclic) bond motifs is 7. The summed E-state index contributed by atoms with van der Waals surface area (Å²) in [4.78, 5) is 18.2. The molecule has 0 radical (unpaired) electrons. The van der Waals surface area contributed by atoms with E-state index in [4.69, 9.17) is 0 Å². The fourth-order valence-corrected chi connectivity index (χ4v) is 12.3. The van der Waals surface area contributed by atoms with E-state index in [2.05, 4.69) is 68.8 Å². The van der Waals surface area contributed by atoms with Crippen LogP contribution in [0.5, 0.6) is 0 Å². The van der Waals surface area contributed by atoms with E-state index in [0.29, 0.717) is 29.6 Å². The molecule has 228 valence electrons. The molecule has 42 heavy (non-hydrogen) atoms. The molecule has 2 N–H and O–H groups in total. The first-order valence-corrected chi connectivity index (χ1v) is 16.5. The molecule has 1 aromatic heterocycles. The molecule has 0 aromatic carbocycles. The third-order valence-electron chi connectivity index (χ3n) is 14.5. The number of allylic oxidation sites excluding steroid dienone is 1. The Labute approximate surface area is 252 Å². The number of oxime groups is 1. The maximum atomic E-state index is 14.2. The molecule has 5 fully saturated rings. The van der Waals surface area contributed by atoms with Gasteiger partial charge in [-0.2, -0.15) is 5.10 Å². The van der Waals surface area contributed by atoms with E-state index in [0.717, 1.165) is 49.8 Å². The second kappa shape index (κ2) is 10.0. The SMILES string of the molecule is C=C(C)[C@@H]1CC[C@]2(C(=O)N/N=C/c3ccncc3)CC[C@]3(C)[C@H](CC[C@@H]4[C@@]5(C)CC/C(=N\O)C(C)(C)[C@@H]5CC[C@]43C)[C@@H]12. The third-order valence-corrected chi connectivity index (χ3v) is 14.5. The monoisotopic (exact) mass is 572 g/mol. The Hall–Kier alpha value is -2.50. The van der Waals surface area contributed by atoms with Crippen LogP contribution in [0.15, 0.2) is 46.9 Å². The predicted molar refractivity (Wildman–Crippen MR) is 168 cm³/mol. The van der Waals surface area contributed by atoms with Gasteiger partial charge in [-0.25, -0.2) is 5.43 Å². The molecule has 0 unspecified atom stereocenters. The number of pyridine rings is 1. The van der Waals surface area contributed by atoms with E-state index in [1.165, 1.54) is 31.3 Å². The fourth-order valence-electron chi connectivity index (χ4n) is 12.3. The standard InChI is InChI=1S/C36H52N4O2/c1-23(2)25-10-17-36(31(41)39-38-22-24-13-20-37-21-14-24)19-18-34(6)26(30(25)36)8-9-28-33(5)15-12-29(40-42)32(3,4)27(33)11-16-35(28,34)7/h13-14,20-22,25-28,30,42H,1,8-12,15-19H2,2-7H3,(H,39,41)/b38-22+,40-29+/t25-,26+,27-,28+,30+,33-,34+,35+,36-/m0/s1. The summed E-state index contributed by atoms with van der Waals surface area (Å²) in [6, 6.07) is 3.79. The highest BCUT2D eigenvalue weighted by Crippen LogP contribution is 2.77. The highest BCUT2D eigenvalue weighted by atomic mass is 16.4. The van der Waals surface area contributed by atoms with Crippen LogP contribution >= 0.6 is 0 Å². The molecule has 6 rings (SSSR count). The van der Waals surface area contributed by atoms with Gasteiger partial charge in [0.05, 0.1) is 17.3 Å². The first-order chi connectivity index (χ1) is 19.8. The minimum Gasteiger partial charge on any atom is -0.411 e. The van der Waals surface area contributed by atoms with Crippen LogP contribution in [0.25, 0.3) is 0 Å². The number of nitrogens with zero attached hydrogens (tertiary/aromatic N) is 3. The van der Waals surface area contributed by atoms with Crippen molar-refractivity contribution in [1.29, 1.82) is 0 Å². The van der Waals surface area contributed by atoms with E-state index in [1.54, 1.807) is 18.6 Å². The lowest BCUT2D eigenvalue weighted by molar-refractivity contribution is -0.227. The van der Waals surface area contributed by atoms with Gasteiger partial charge in [-0.15, -0.1) is 0 Å². The molecule has 5 saturated carbocycles. The van der Waals surface area contributed by atoms with Crippen LogP contribution in [0.4, 0.5) is 0 Å². The molecule has 1 amide bonds. The highest BCUT2D eigenvalue weighted by molar-refractivity contribution is 5.90. The highest BCUT2D eigenvalue weighted by Gasteiger charge is 2.71. The van der Waals surface area contributed by atoms with Crippen molar-refractivity contribution in [2.75, 3.05) is 0 Å². The van der Waals surface area contributed by atoms with Crippen LogP contribution in [-0.2, 0) is 4.79 Å². The zero-order valence-electron chi connectivity index (χ0n) is 26.7. The number of hydrogen-bond donors (Lipinski definition) is 2. The number of carbonyl (C=O) groups is 1. The van der Waals surface area contributed by atoms with Gasteiger partial charge in [0, 0.05) is 17.8 Å². The summed E-state index contributed by atoms with van der Waals surface area (Å²) in [7, 11) is 0. The number of amides is 1. The Morgan fingerprint density at radius 3 is 2.40 bits per heavy atom. The van der Waals surface area contributed by atoms with Gasteiger partial charge < -0.3 is 5.21 Å². The average molecular weight is 573 g/mol. The Morgan fingerprint density at radius 1 is 0.976 bits per heavy atom. The van der Waals surface area contributed by atoms with Crippen molar-refractivity contribution < 1.29 is 10.0 Å². The molecule has 0 aliphatic heterocycles. The molecule has 6 nitrogen and oxygen atoms in total. The molecule has 1 aromatic rings. The van der Waals surface area contributed by atoms with Gasteiger partial charge in [0.1, 0.15) is 0 Å². The van der Waals surface area contributed by atoms with E-state index in [-0.39, 0.29) is 33.0 Å². The summed E-state index contributed by atoms with van der Waals surface area (Å²) in [5, 5.41) is 18.1. The van der Waals surface area contributed by atoms with Gasteiger partial charge in [0.15, 0.2) is 0 Å². The number of aromatic nitrogens is 1. The minimum absolute atomic E-state index is 0.0755. The second-order valence-corrected chi connectivity index (χ2v) is 16.1. The Bertz CT molecular complexity index is 1300. The third kappa shape index (κ3) is 3.95. The first-order valence-electron chi connectivity index (χ1n) is 16.5. The number of carbonyl (C=O) groups excluding carboxylic acids is 1. The number of nitrogens with one attached hydrogen (secondary N) is 1. The van der Waals surface area contributed by atoms with Crippen LogP contribution < -0.4 is 5.43 Å². The van der Waals surface area contributed by atoms with Crippen LogP contribution in [0.2, 0.25) is 0 Å². The summed E-state index contributed by atoms with van der Waals surface area (Å²) >= 11 is 0. The molecule has 1 heterocycles. The van der Waals surface area contributed by atoms with E-state index >= 15 is 0 Å². The first kappa shape index (κ1) is 29.6. The Morgan fingerprint density at radius 2 is 1.71 bits per heavy atom. The summed E-state index contributed by atoms with van der Waals surface area (Å²) in [6.07, 6.45) is 16.0. The Balaban J connectivity index is 1.33. The lowest BCUT2D eigenvalue weighted by Gasteiger charge is -2.72. The van der Waals surface area contributed by atoms with Crippen molar-refractivity contribution in [3.63, 3.8) is 0 Å². The molecule has 0 spiro atoms. The quantitative estimate of drug-likeness (QED) is 0.166. The van der Waals surface area contributed by atoms with Crippen LogP contribution in [-0.4, -0.2) is 28.0 Å². The van der Waals surface area contributed by atoms with Crippen molar-refractivity contribution in [3.8, 4) is 0 Å². The predicted octanol–water partition coefficient (Wildman–Crippen LogP) is 8.02. The summed E-state index contributed by atoms with van der Waals surface area (Å²) in [6.45, 7) is 19.1. The normalized spacial score (nSPS) is 45.0. The maximum absolute atomic E-state index is 14.2. The van der Waals surface area contributed by atoms with E-state index in [9.17, 15) is 10.0 Å². The maximum Gasteiger partial charge on any atom is 0.246 e. The molecule has 0 bridgehead atoms. The smallest absolute Gasteiger partial charge is 0.246 e. The molecular formula is C36H52N4O2. The number of hydrazone groups is 1. The van der Waals surface area contributed by atoms with Crippen molar-refractivity contribution in [2.24, 2.45) is 66.9 Å². The summed E-state index contributed by atoms with van der Waals surface area (Å²) in [5.74, 6) is 2.47. The lowest BCUT2D eigenvalue weighted by Crippen LogP contribution is -2.67. The van der Waals surface area contributed by atoms with Crippen LogP contribution in [0, 0.1) is 56.7 Å². The number of hydrogen-bond acceptors (Lipinski definition) is 5. The van der Waals surface area contributed by atoms with Crippen molar-refractivity contribution in [1.82, 2.24) is 10.4 Å². The molecule has 6 heteroatoms. The summed E-state index contributed by atoms with van der Waals surface area (Å²) < 4.78 is 0. The summed E-state index contributed by atoms with van der Waals surface area (Å²) in [5.41, 5.74) is 6.34. The van der Waals surface area contributed by atoms with E-state index < -0.39 is 0 Å². The van der Waals surface area contributed by atoms with Crippen molar-refractivity contribution in [2.45, 2.75) is 106 Å². The van der Waals surface area contributed by atoms with Gasteiger partial charge in [0.25, 0.3) is 0 Å². The van der Waals surface area contributed by atoms with Gasteiger partial charge in [-0.3, -0.25) is 9.78 Å².